The van der Waals surface area contributed by atoms with E-state index >= 15 is 0 Å². The molecule has 3 aliphatic rings. The molecule has 0 amide bonds. The quantitative estimate of drug-likeness (QED) is 0.140. The Morgan fingerprint density at radius 1 is 0.837 bits per heavy atom. The molecular formula is C32H35B7O4. The first-order valence-electron chi connectivity index (χ1n) is 15.9. The number of fused-ring (bicyclic) bond motifs is 3. The molecule has 2 unspecified atom stereocenters. The molecule has 7 rings (SSSR count). The van der Waals surface area contributed by atoms with E-state index in [0.29, 0.717) is 19.7 Å². The summed E-state index contributed by atoms with van der Waals surface area (Å²) >= 11 is 0. The molecule has 4 aromatic rings. The highest BCUT2D eigenvalue weighted by molar-refractivity contribution is 7.50. The van der Waals surface area contributed by atoms with Gasteiger partial charge in [0.15, 0.2) is 0 Å². The minimum atomic E-state index is -0.481. The summed E-state index contributed by atoms with van der Waals surface area (Å²) in [6.07, 6.45) is 0.435. The van der Waals surface area contributed by atoms with E-state index in [0.717, 1.165) is 50.0 Å². The van der Waals surface area contributed by atoms with E-state index in [9.17, 15) is 0 Å². The number of rotatable bonds is 11. The number of aryl methyl sites for hydroxylation is 1. The van der Waals surface area contributed by atoms with Gasteiger partial charge in [-0.15, -0.1) is 0 Å². The zero-order valence-electron chi connectivity index (χ0n) is 26.0. The van der Waals surface area contributed by atoms with Crippen molar-refractivity contribution in [3.8, 4) is 22.6 Å². The van der Waals surface area contributed by atoms with Crippen molar-refractivity contribution in [2.24, 2.45) is 0 Å². The Kier molecular flexibility index (Phi) is 7.59. The standard InChI is InChI=1S/C32H35B7O4/c1-18-10-19(11-27(33)30(18)42-16-21-14-40-21)32(25-8-4-2-6-23(25)24-7-3-5-9-26(24)32)20-12-28(37-34)31(43-17-22-15-41-22)29(13-20)39(36)38-35/h2-13,21-22,37-38H,14-17,33-36H2,1H3. The molecule has 11 heteroatoms. The van der Waals surface area contributed by atoms with Gasteiger partial charge in [-0.05, 0) is 51.3 Å². The van der Waals surface area contributed by atoms with Crippen LogP contribution in [0.1, 0.15) is 27.8 Å². The maximum atomic E-state index is 6.55. The molecule has 2 atom stereocenters. The molecule has 4 aromatic carbocycles. The number of benzene rings is 4. The van der Waals surface area contributed by atoms with Crippen molar-refractivity contribution in [3.05, 3.63) is 101 Å². The van der Waals surface area contributed by atoms with Crippen LogP contribution in [0.2, 0.25) is 0 Å². The molecule has 0 spiro atoms. The van der Waals surface area contributed by atoms with Crippen LogP contribution in [-0.4, -0.2) is 90.4 Å². The third-order valence-electron chi connectivity index (χ3n) is 9.63. The second-order valence-electron chi connectivity index (χ2n) is 12.5. The van der Waals surface area contributed by atoms with E-state index in [2.05, 4.69) is 111 Å². The molecule has 2 fully saturated rings. The van der Waals surface area contributed by atoms with Crippen molar-refractivity contribution < 1.29 is 18.9 Å². The molecule has 2 heterocycles. The number of ether oxygens (including phenoxy) is 4. The summed E-state index contributed by atoms with van der Waals surface area (Å²) in [5, 5.41) is 0. The van der Waals surface area contributed by atoms with Gasteiger partial charge < -0.3 is 18.9 Å². The zero-order chi connectivity index (χ0) is 29.7. The fraction of sp³-hybridized carbons (Fsp3) is 0.250. The maximum Gasteiger partial charge on any atom is 0.144 e. The Hall–Kier alpha value is -3.15. The van der Waals surface area contributed by atoms with Gasteiger partial charge in [-0.25, -0.2) is 0 Å². The van der Waals surface area contributed by atoms with E-state index in [1.807, 2.05) is 0 Å². The fourth-order valence-corrected chi connectivity index (χ4v) is 7.05. The lowest BCUT2D eigenvalue weighted by Gasteiger charge is -2.36. The summed E-state index contributed by atoms with van der Waals surface area (Å²) in [5.74, 6) is 2.01. The van der Waals surface area contributed by atoms with Gasteiger partial charge in [-0.1, -0.05) is 83.7 Å². The molecule has 208 valence electrons. The molecule has 4 nitrogen and oxygen atoms in total. The Balaban J connectivity index is 1.50. The predicted octanol–water partition coefficient (Wildman–Crippen LogP) is -1.91. The van der Waals surface area contributed by atoms with E-state index in [4.69, 9.17) is 18.9 Å². The Labute approximate surface area is 260 Å². The monoisotopic (exact) mass is 560 g/mol. The molecule has 0 N–H and O–H groups in total. The van der Waals surface area contributed by atoms with Crippen LogP contribution in [0.5, 0.6) is 11.5 Å². The number of hydrogen-bond donors (Lipinski definition) is 0. The first-order chi connectivity index (χ1) is 20.9. The highest BCUT2D eigenvalue weighted by atomic mass is 16.6. The molecule has 0 bridgehead atoms. The van der Waals surface area contributed by atoms with Gasteiger partial charge in [-0.2, -0.15) is 0 Å². The van der Waals surface area contributed by atoms with Crippen LogP contribution in [0.3, 0.4) is 0 Å². The predicted molar refractivity (Wildman–Crippen MR) is 192 cm³/mol. The summed E-state index contributed by atoms with van der Waals surface area (Å²) in [6, 6.07) is 27.5. The normalized spacial score (nSPS) is 18.7. The van der Waals surface area contributed by atoms with Crippen LogP contribution in [0.15, 0.2) is 72.8 Å². The summed E-state index contributed by atoms with van der Waals surface area (Å²) in [5.41, 5.74) is 12.2. The van der Waals surface area contributed by atoms with Crippen molar-refractivity contribution in [3.63, 3.8) is 0 Å². The van der Waals surface area contributed by atoms with Crippen LogP contribution in [0.25, 0.3) is 11.1 Å². The smallest absolute Gasteiger partial charge is 0.144 e. The molecular weight excluding hydrogens is 524 g/mol. The van der Waals surface area contributed by atoms with Crippen molar-refractivity contribution in [2.75, 3.05) is 26.4 Å². The van der Waals surface area contributed by atoms with Gasteiger partial charge >= 0.3 is 0 Å². The lowest BCUT2D eigenvalue weighted by atomic mass is 9.03. The molecule has 2 saturated heterocycles. The first-order valence-corrected chi connectivity index (χ1v) is 15.9. The molecule has 43 heavy (non-hydrogen) atoms. The largest absolute Gasteiger partial charge is 0.492 e. The molecule has 1 aliphatic carbocycles. The third-order valence-corrected chi connectivity index (χ3v) is 9.63. The van der Waals surface area contributed by atoms with Gasteiger partial charge in [0.1, 0.15) is 58.4 Å². The summed E-state index contributed by atoms with van der Waals surface area (Å²) in [6.45, 7) is 5.33. The highest BCUT2D eigenvalue weighted by Crippen LogP contribution is 2.56. The molecule has 2 aliphatic heterocycles. The molecule has 0 aromatic heterocycles. The Morgan fingerprint density at radius 3 is 1.93 bits per heavy atom. The van der Waals surface area contributed by atoms with Crippen molar-refractivity contribution >= 4 is 68.2 Å². The summed E-state index contributed by atoms with van der Waals surface area (Å²) < 4.78 is 23.8. The minimum absolute atomic E-state index is 0.215. The topological polar surface area (TPSA) is 43.5 Å². The SMILES string of the molecule is BBB(B)c1cc(C2(c3cc(B)c(OCC4CO4)c(C)c3)c3ccccc3-c3ccccc32)cc(BB)c1OCC1CO1. The average Bonchev–Trinajstić information content (AvgIpc) is 3.97. The second-order valence-corrected chi connectivity index (χ2v) is 12.5. The van der Waals surface area contributed by atoms with Crippen LogP contribution >= 0.6 is 0 Å². The fourth-order valence-electron chi connectivity index (χ4n) is 7.05. The van der Waals surface area contributed by atoms with E-state index in [1.54, 1.807) is 0 Å². The van der Waals surface area contributed by atoms with Crippen LogP contribution in [-0.2, 0) is 14.9 Å². The van der Waals surface area contributed by atoms with E-state index in [-0.39, 0.29) is 12.2 Å². The average molecular weight is 559 g/mol. The Bertz CT molecular complexity index is 1620. The summed E-state index contributed by atoms with van der Waals surface area (Å²) in [7, 11) is 11.0. The van der Waals surface area contributed by atoms with Crippen LogP contribution < -0.4 is 25.9 Å². The van der Waals surface area contributed by atoms with Crippen molar-refractivity contribution in [1.82, 2.24) is 0 Å². The van der Waals surface area contributed by atoms with Crippen LogP contribution in [0, 0.1) is 6.92 Å². The number of epoxide rings is 2. The number of hydrogen-bond acceptors (Lipinski definition) is 4. The van der Waals surface area contributed by atoms with Gasteiger partial charge in [0.25, 0.3) is 0 Å². The van der Waals surface area contributed by atoms with E-state index in [1.165, 1.54) is 44.3 Å². The lowest BCUT2D eigenvalue weighted by Crippen LogP contribution is -2.44. The van der Waals surface area contributed by atoms with Gasteiger partial charge in [0, 0.05) is 0 Å². The highest BCUT2D eigenvalue weighted by Gasteiger charge is 2.47. The lowest BCUT2D eigenvalue weighted by molar-refractivity contribution is 0.263. The molecule has 0 saturated carbocycles. The van der Waals surface area contributed by atoms with Crippen molar-refractivity contribution in [2.45, 2.75) is 24.5 Å². The zero-order valence-corrected chi connectivity index (χ0v) is 26.0. The van der Waals surface area contributed by atoms with Gasteiger partial charge in [0.2, 0.25) is 0 Å². The van der Waals surface area contributed by atoms with Gasteiger partial charge in [0.05, 0.1) is 48.9 Å². The van der Waals surface area contributed by atoms with E-state index < -0.39 is 5.41 Å². The maximum absolute atomic E-state index is 6.55. The van der Waals surface area contributed by atoms with Crippen molar-refractivity contribution in [1.29, 1.82) is 0 Å². The first kappa shape index (κ1) is 28.6. The van der Waals surface area contributed by atoms with Gasteiger partial charge in [-0.3, -0.25) is 0 Å². The Morgan fingerprint density at radius 2 is 1.40 bits per heavy atom. The minimum Gasteiger partial charge on any atom is -0.492 e. The molecule has 0 radical (unpaired) electrons. The second kappa shape index (κ2) is 11.4. The summed E-state index contributed by atoms with van der Waals surface area (Å²) in [4.78, 5) is 0. The van der Waals surface area contributed by atoms with Crippen LogP contribution in [0.4, 0.5) is 0 Å². The third kappa shape index (κ3) is 4.99.